The van der Waals surface area contributed by atoms with Crippen LogP contribution in [0.4, 0.5) is 5.69 Å². The van der Waals surface area contributed by atoms with E-state index in [2.05, 4.69) is 4.99 Å². The lowest BCUT2D eigenvalue weighted by molar-refractivity contribution is -0.121. The van der Waals surface area contributed by atoms with Crippen molar-refractivity contribution in [1.82, 2.24) is 4.90 Å². The average molecular weight is 439 g/mol. The van der Waals surface area contributed by atoms with Gasteiger partial charge in [0.15, 0.2) is 11.8 Å². The van der Waals surface area contributed by atoms with Gasteiger partial charge in [-0.2, -0.15) is 0 Å². The molecule has 2 aromatic rings. The lowest BCUT2D eigenvalue weighted by Gasteiger charge is -2.08. The third-order valence-corrected chi connectivity index (χ3v) is 5.22. The van der Waals surface area contributed by atoms with Crippen molar-refractivity contribution in [3.63, 3.8) is 0 Å². The SMILES string of the molecule is CCOC(=O)c1cccc(N=C2SC(=Cc3ccccc3OCC(N)=O)C(=O)N2C)c1. The summed E-state index contributed by atoms with van der Waals surface area (Å²) in [5.74, 6) is -0.804. The van der Waals surface area contributed by atoms with Gasteiger partial charge in [-0.3, -0.25) is 14.5 Å². The number of nitrogens with zero attached hydrogens (tertiary/aromatic N) is 2. The topological polar surface area (TPSA) is 111 Å². The summed E-state index contributed by atoms with van der Waals surface area (Å²) >= 11 is 1.20. The summed E-state index contributed by atoms with van der Waals surface area (Å²) < 4.78 is 10.4. The van der Waals surface area contributed by atoms with Gasteiger partial charge in [0.2, 0.25) is 0 Å². The molecule has 0 atom stereocenters. The smallest absolute Gasteiger partial charge is 0.338 e. The predicted molar refractivity (Wildman–Crippen MR) is 119 cm³/mol. The van der Waals surface area contributed by atoms with Crippen LogP contribution in [-0.2, 0) is 14.3 Å². The normalized spacial score (nSPS) is 16.1. The maximum Gasteiger partial charge on any atom is 0.338 e. The van der Waals surface area contributed by atoms with Gasteiger partial charge in [0, 0.05) is 12.6 Å². The third kappa shape index (κ3) is 5.52. The van der Waals surface area contributed by atoms with Crippen molar-refractivity contribution < 1.29 is 23.9 Å². The number of likely N-dealkylation sites (N-methyl/N-ethyl adjacent to an activating group) is 1. The van der Waals surface area contributed by atoms with Gasteiger partial charge in [-0.15, -0.1) is 0 Å². The Balaban J connectivity index is 1.86. The summed E-state index contributed by atoms with van der Waals surface area (Å²) in [7, 11) is 1.62. The number of hydrogen-bond acceptors (Lipinski definition) is 7. The van der Waals surface area contributed by atoms with E-state index in [0.29, 0.717) is 32.6 Å². The molecule has 0 radical (unpaired) electrons. The van der Waals surface area contributed by atoms with Crippen LogP contribution in [0.3, 0.4) is 0 Å². The van der Waals surface area contributed by atoms with E-state index in [9.17, 15) is 14.4 Å². The van der Waals surface area contributed by atoms with Gasteiger partial charge >= 0.3 is 5.97 Å². The van der Waals surface area contributed by atoms with Gasteiger partial charge in [-0.05, 0) is 49.0 Å². The molecule has 0 spiro atoms. The Morgan fingerprint density at radius 3 is 2.71 bits per heavy atom. The molecule has 31 heavy (non-hydrogen) atoms. The van der Waals surface area contributed by atoms with Crippen LogP contribution in [-0.4, -0.2) is 48.1 Å². The number of ether oxygens (including phenoxy) is 2. The molecule has 2 amide bonds. The molecule has 1 aliphatic rings. The first-order valence-electron chi connectivity index (χ1n) is 9.42. The Morgan fingerprint density at radius 2 is 1.97 bits per heavy atom. The van der Waals surface area contributed by atoms with Crippen molar-refractivity contribution in [2.75, 3.05) is 20.3 Å². The number of hydrogen-bond donors (Lipinski definition) is 1. The minimum absolute atomic E-state index is 0.227. The Morgan fingerprint density at radius 1 is 1.19 bits per heavy atom. The van der Waals surface area contributed by atoms with Crippen LogP contribution in [0.25, 0.3) is 6.08 Å². The summed E-state index contributed by atoms with van der Waals surface area (Å²) in [6.45, 7) is 1.76. The number of nitrogens with two attached hydrogens (primary N) is 1. The maximum absolute atomic E-state index is 12.7. The van der Waals surface area contributed by atoms with Gasteiger partial charge in [0.05, 0.1) is 22.8 Å². The minimum atomic E-state index is -0.590. The Kier molecular flexibility index (Phi) is 7.09. The van der Waals surface area contributed by atoms with Crippen molar-refractivity contribution in [2.45, 2.75) is 6.92 Å². The molecule has 1 aliphatic heterocycles. The van der Waals surface area contributed by atoms with E-state index in [0.717, 1.165) is 0 Å². The van der Waals surface area contributed by atoms with Crippen LogP contribution in [0.5, 0.6) is 5.75 Å². The number of aliphatic imine (C=N–C) groups is 1. The number of rotatable bonds is 7. The van der Waals surface area contributed by atoms with E-state index in [1.807, 2.05) is 0 Å². The monoisotopic (exact) mass is 439 g/mol. The number of benzene rings is 2. The molecule has 0 saturated carbocycles. The van der Waals surface area contributed by atoms with Crippen molar-refractivity contribution in [1.29, 1.82) is 0 Å². The Bertz CT molecular complexity index is 1080. The summed E-state index contributed by atoms with van der Waals surface area (Å²) in [6, 6.07) is 13.7. The molecule has 0 aromatic heterocycles. The highest BCUT2D eigenvalue weighted by molar-refractivity contribution is 8.18. The predicted octanol–water partition coefficient (Wildman–Crippen LogP) is 2.96. The van der Waals surface area contributed by atoms with Gasteiger partial charge in [-0.1, -0.05) is 24.3 Å². The lowest BCUT2D eigenvalue weighted by Crippen LogP contribution is -2.23. The number of amidine groups is 1. The number of para-hydroxylation sites is 1. The fourth-order valence-electron chi connectivity index (χ4n) is 2.70. The first kappa shape index (κ1) is 22.1. The van der Waals surface area contributed by atoms with Crippen molar-refractivity contribution in [3.8, 4) is 5.75 Å². The number of primary amides is 1. The first-order valence-corrected chi connectivity index (χ1v) is 10.2. The van der Waals surface area contributed by atoms with Crippen LogP contribution in [0.2, 0.25) is 0 Å². The van der Waals surface area contributed by atoms with Crippen molar-refractivity contribution >= 4 is 46.5 Å². The molecular formula is C22H21N3O5S. The molecule has 2 N–H and O–H groups in total. The van der Waals surface area contributed by atoms with E-state index >= 15 is 0 Å². The summed E-state index contributed by atoms with van der Waals surface area (Å²) in [6.07, 6.45) is 1.68. The summed E-state index contributed by atoms with van der Waals surface area (Å²) in [5, 5.41) is 0.466. The highest BCUT2D eigenvalue weighted by Crippen LogP contribution is 2.34. The molecule has 2 aromatic carbocycles. The number of esters is 1. The lowest BCUT2D eigenvalue weighted by atomic mass is 10.2. The molecule has 0 unspecified atom stereocenters. The molecule has 160 valence electrons. The van der Waals surface area contributed by atoms with Gasteiger partial charge in [-0.25, -0.2) is 9.79 Å². The number of thioether (sulfide) groups is 1. The van der Waals surface area contributed by atoms with Crippen LogP contribution in [0.15, 0.2) is 58.4 Å². The number of amides is 2. The fourth-order valence-corrected chi connectivity index (χ4v) is 3.68. The summed E-state index contributed by atoms with van der Waals surface area (Å²) in [4.78, 5) is 42.1. The fraction of sp³-hybridized carbons (Fsp3) is 0.182. The zero-order valence-corrected chi connectivity index (χ0v) is 17.8. The van der Waals surface area contributed by atoms with Gasteiger partial charge in [0.1, 0.15) is 5.75 Å². The van der Waals surface area contributed by atoms with Crippen LogP contribution in [0, 0.1) is 0 Å². The molecule has 1 fully saturated rings. The molecule has 9 heteroatoms. The third-order valence-electron chi connectivity index (χ3n) is 4.16. The first-order chi connectivity index (χ1) is 14.9. The second-order valence-corrected chi connectivity index (χ2v) is 7.44. The van der Waals surface area contributed by atoms with E-state index in [4.69, 9.17) is 15.2 Å². The quantitative estimate of drug-likeness (QED) is 0.524. The zero-order chi connectivity index (χ0) is 22.4. The van der Waals surface area contributed by atoms with E-state index < -0.39 is 11.9 Å². The van der Waals surface area contributed by atoms with Crippen LogP contribution >= 0.6 is 11.8 Å². The number of carbonyl (C=O) groups is 3. The Hall–Kier alpha value is -3.59. The van der Waals surface area contributed by atoms with Gasteiger partial charge < -0.3 is 15.2 Å². The van der Waals surface area contributed by atoms with E-state index in [-0.39, 0.29) is 19.1 Å². The molecule has 0 aliphatic carbocycles. The second-order valence-electron chi connectivity index (χ2n) is 6.43. The molecule has 0 bridgehead atoms. The maximum atomic E-state index is 12.7. The minimum Gasteiger partial charge on any atom is -0.483 e. The molecular weight excluding hydrogens is 418 g/mol. The summed E-state index contributed by atoms with van der Waals surface area (Å²) in [5.41, 5.74) is 6.69. The average Bonchev–Trinajstić information content (AvgIpc) is 3.01. The standard InChI is InChI=1S/C22H21N3O5S/c1-3-29-21(28)15-8-6-9-16(11-15)24-22-25(2)20(27)18(31-22)12-14-7-4-5-10-17(14)30-13-19(23)26/h4-12H,3,13H2,1-2H3,(H2,23,26). The van der Waals surface area contributed by atoms with Crippen LogP contribution < -0.4 is 10.5 Å². The Labute approximate surface area is 183 Å². The molecule has 1 saturated heterocycles. The second kappa shape index (κ2) is 9.94. The highest BCUT2D eigenvalue weighted by atomic mass is 32.2. The zero-order valence-electron chi connectivity index (χ0n) is 17.0. The largest absolute Gasteiger partial charge is 0.483 e. The van der Waals surface area contributed by atoms with Crippen LogP contribution in [0.1, 0.15) is 22.8 Å². The van der Waals surface area contributed by atoms with Crippen molar-refractivity contribution in [2.24, 2.45) is 10.7 Å². The molecule has 3 rings (SSSR count). The highest BCUT2D eigenvalue weighted by Gasteiger charge is 2.30. The number of carbonyl (C=O) groups excluding carboxylic acids is 3. The molecule has 8 nitrogen and oxygen atoms in total. The van der Waals surface area contributed by atoms with E-state index in [1.165, 1.54) is 16.7 Å². The van der Waals surface area contributed by atoms with E-state index in [1.54, 1.807) is 68.6 Å². The molecule has 1 heterocycles. The van der Waals surface area contributed by atoms with Gasteiger partial charge in [0.25, 0.3) is 11.8 Å². The van der Waals surface area contributed by atoms with Crippen molar-refractivity contribution in [3.05, 3.63) is 64.6 Å².